The zero-order valence-electron chi connectivity index (χ0n) is 11.3. The summed E-state index contributed by atoms with van der Waals surface area (Å²) in [5.74, 6) is 1.46. The van der Waals surface area contributed by atoms with Crippen molar-refractivity contribution in [3.8, 4) is 0 Å². The molecule has 1 heterocycles. The van der Waals surface area contributed by atoms with Crippen molar-refractivity contribution in [2.24, 2.45) is 5.92 Å². The minimum absolute atomic E-state index is 0.340. The van der Waals surface area contributed by atoms with Crippen molar-refractivity contribution >= 4 is 0 Å². The van der Waals surface area contributed by atoms with Crippen molar-refractivity contribution < 1.29 is 4.74 Å². The highest BCUT2D eigenvalue weighted by Crippen LogP contribution is 2.33. The molecule has 1 aromatic carbocycles. The van der Waals surface area contributed by atoms with Gasteiger partial charge in [0.15, 0.2) is 0 Å². The lowest BCUT2D eigenvalue weighted by Gasteiger charge is -2.37. The van der Waals surface area contributed by atoms with Crippen LogP contribution < -0.4 is 0 Å². The van der Waals surface area contributed by atoms with Gasteiger partial charge in [0.25, 0.3) is 0 Å². The van der Waals surface area contributed by atoms with Crippen molar-refractivity contribution in [3.63, 3.8) is 0 Å². The first-order valence-electron chi connectivity index (χ1n) is 6.58. The monoisotopic (exact) mass is 232 g/mol. The van der Waals surface area contributed by atoms with Crippen molar-refractivity contribution in [2.45, 2.75) is 46.1 Å². The average molecular weight is 232 g/mol. The molecule has 0 aromatic heterocycles. The maximum atomic E-state index is 5.33. The van der Waals surface area contributed by atoms with E-state index in [4.69, 9.17) is 4.74 Å². The molecule has 1 aliphatic heterocycles. The summed E-state index contributed by atoms with van der Waals surface area (Å²) in [4.78, 5) is 0. The number of ether oxygens (including phenoxy) is 1. The molecule has 1 aromatic rings. The predicted octanol–water partition coefficient (Wildman–Crippen LogP) is 4.58. The highest BCUT2D eigenvalue weighted by atomic mass is 16.5. The molecule has 0 amide bonds. The highest BCUT2D eigenvalue weighted by Gasteiger charge is 2.32. The molecule has 0 spiro atoms. The van der Waals surface area contributed by atoms with Crippen molar-refractivity contribution in [2.75, 3.05) is 0 Å². The molecule has 1 saturated heterocycles. The minimum Gasteiger partial charge on any atom is -0.494 e. The molecule has 1 heteroatoms. The topological polar surface area (TPSA) is 9.23 Å². The molecule has 0 bridgehead atoms. The second-order valence-corrected chi connectivity index (χ2v) is 4.59. The van der Waals surface area contributed by atoms with Crippen LogP contribution in [0.2, 0.25) is 0 Å². The first-order valence-corrected chi connectivity index (χ1v) is 6.58. The molecule has 1 aliphatic rings. The summed E-state index contributed by atoms with van der Waals surface area (Å²) < 4.78 is 5.33. The predicted molar refractivity (Wildman–Crippen MR) is 73.9 cm³/mol. The summed E-state index contributed by atoms with van der Waals surface area (Å²) in [6.07, 6.45) is 4.04. The minimum atomic E-state index is 0.340. The molecule has 1 fully saturated rings. The Morgan fingerprint density at radius 3 is 2.12 bits per heavy atom. The van der Waals surface area contributed by atoms with E-state index in [1.54, 1.807) is 0 Å². The first kappa shape index (κ1) is 13.8. The van der Waals surface area contributed by atoms with E-state index in [0.717, 1.165) is 12.2 Å². The van der Waals surface area contributed by atoms with Crippen LogP contribution in [0.3, 0.4) is 0 Å². The highest BCUT2D eigenvalue weighted by molar-refractivity contribution is 5.19. The van der Waals surface area contributed by atoms with Gasteiger partial charge in [-0.2, -0.15) is 0 Å². The molecule has 94 valence electrons. The molecule has 0 N–H and O–H groups in total. The van der Waals surface area contributed by atoms with Gasteiger partial charge < -0.3 is 4.74 Å². The molecule has 2 rings (SSSR count). The van der Waals surface area contributed by atoms with Gasteiger partial charge in [-0.15, -0.1) is 0 Å². The number of rotatable bonds is 3. The van der Waals surface area contributed by atoms with Gasteiger partial charge in [0.1, 0.15) is 6.10 Å². The van der Waals surface area contributed by atoms with Crippen molar-refractivity contribution in [1.82, 2.24) is 0 Å². The van der Waals surface area contributed by atoms with Gasteiger partial charge >= 0.3 is 0 Å². The van der Waals surface area contributed by atoms with E-state index in [2.05, 4.69) is 51.6 Å². The molecular formula is C16H24O. The average Bonchev–Trinajstić information content (AvgIpc) is 2.38. The Morgan fingerprint density at radius 2 is 1.71 bits per heavy atom. The van der Waals surface area contributed by atoms with Crippen LogP contribution in [0, 0.1) is 5.92 Å². The quantitative estimate of drug-likeness (QED) is 0.741. The van der Waals surface area contributed by atoms with Crippen LogP contribution in [0.5, 0.6) is 0 Å². The Bertz CT molecular complexity index is 327. The van der Waals surface area contributed by atoms with Gasteiger partial charge in [0, 0.05) is 0 Å². The van der Waals surface area contributed by atoms with E-state index in [0.29, 0.717) is 12.0 Å². The summed E-state index contributed by atoms with van der Waals surface area (Å²) in [5, 5.41) is 0. The molecular weight excluding hydrogens is 208 g/mol. The summed E-state index contributed by atoms with van der Waals surface area (Å²) in [5.41, 5.74) is 1.36. The standard InChI is InChI=1S/C12H14O.C4H10/c1-9-12(10(2)13-9)8-11-6-4-3-5-7-11;1-3-4-2/h3-7,10,12H,1,8H2,2H3;3-4H2,1-2H3/t10-,12+;/m0./s1. The first-order chi connectivity index (χ1) is 8.19. The second kappa shape index (κ2) is 7.16. The Kier molecular flexibility index (Phi) is 5.82. The zero-order valence-corrected chi connectivity index (χ0v) is 11.3. The molecule has 0 unspecified atom stereocenters. The Hall–Kier alpha value is -1.24. The van der Waals surface area contributed by atoms with Gasteiger partial charge in [-0.25, -0.2) is 0 Å². The van der Waals surface area contributed by atoms with E-state index in [1.165, 1.54) is 18.4 Å². The summed E-state index contributed by atoms with van der Waals surface area (Å²) in [6, 6.07) is 10.5. The lowest BCUT2D eigenvalue weighted by molar-refractivity contribution is -0.0284. The third kappa shape index (κ3) is 4.26. The van der Waals surface area contributed by atoms with Crippen LogP contribution in [-0.2, 0) is 11.2 Å². The Balaban J connectivity index is 0.000000317. The molecule has 0 radical (unpaired) electrons. The molecule has 0 aliphatic carbocycles. The van der Waals surface area contributed by atoms with Crippen LogP contribution in [0.4, 0.5) is 0 Å². The van der Waals surface area contributed by atoms with Gasteiger partial charge in [-0.05, 0) is 18.9 Å². The van der Waals surface area contributed by atoms with Crippen LogP contribution in [-0.4, -0.2) is 6.10 Å². The van der Waals surface area contributed by atoms with Crippen LogP contribution >= 0.6 is 0 Å². The van der Waals surface area contributed by atoms with Crippen LogP contribution in [0.1, 0.15) is 39.2 Å². The van der Waals surface area contributed by atoms with Crippen LogP contribution in [0.25, 0.3) is 0 Å². The molecule has 2 atom stereocenters. The third-order valence-corrected chi connectivity index (χ3v) is 3.12. The lowest BCUT2D eigenvalue weighted by Crippen LogP contribution is -2.35. The number of unbranched alkanes of at least 4 members (excludes halogenated alkanes) is 1. The largest absolute Gasteiger partial charge is 0.494 e. The summed E-state index contributed by atoms with van der Waals surface area (Å²) in [6.45, 7) is 10.3. The zero-order chi connectivity index (χ0) is 12.7. The number of benzene rings is 1. The number of hydrogen-bond acceptors (Lipinski definition) is 1. The van der Waals surface area contributed by atoms with Crippen LogP contribution in [0.15, 0.2) is 42.7 Å². The fraction of sp³-hybridized carbons (Fsp3) is 0.500. The van der Waals surface area contributed by atoms with E-state index in [-0.39, 0.29) is 0 Å². The maximum Gasteiger partial charge on any atom is 0.106 e. The van der Waals surface area contributed by atoms with E-state index < -0.39 is 0 Å². The van der Waals surface area contributed by atoms with Gasteiger partial charge in [0.05, 0.1) is 11.7 Å². The number of hydrogen-bond donors (Lipinski definition) is 0. The van der Waals surface area contributed by atoms with E-state index in [9.17, 15) is 0 Å². The smallest absolute Gasteiger partial charge is 0.106 e. The summed E-state index contributed by atoms with van der Waals surface area (Å²) >= 11 is 0. The third-order valence-electron chi connectivity index (χ3n) is 3.12. The van der Waals surface area contributed by atoms with Crippen molar-refractivity contribution in [3.05, 3.63) is 48.2 Å². The van der Waals surface area contributed by atoms with E-state index >= 15 is 0 Å². The van der Waals surface area contributed by atoms with Gasteiger partial charge in [0.2, 0.25) is 0 Å². The fourth-order valence-corrected chi connectivity index (χ4v) is 1.75. The summed E-state index contributed by atoms with van der Waals surface area (Å²) in [7, 11) is 0. The second-order valence-electron chi connectivity index (χ2n) is 4.59. The van der Waals surface area contributed by atoms with Crippen molar-refractivity contribution in [1.29, 1.82) is 0 Å². The van der Waals surface area contributed by atoms with Gasteiger partial charge in [-0.1, -0.05) is 63.6 Å². The molecule has 17 heavy (non-hydrogen) atoms. The molecule has 1 nitrogen and oxygen atoms in total. The maximum absolute atomic E-state index is 5.33. The Labute approximate surface area is 106 Å². The fourth-order valence-electron chi connectivity index (χ4n) is 1.75. The normalized spacial score (nSPS) is 21.9. The molecule has 0 saturated carbocycles. The van der Waals surface area contributed by atoms with Gasteiger partial charge in [-0.3, -0.25) is 0 Å². The SMILES string of the molecule is C=C1O[C@@H](C)[C@@H]1Cc1ccccc1.CCCC. The van der Waals surface area contributed by atoms with E-state index in [1.807, 2.05) is 6.07 Å². The Morgan fingerprint density at radius 1 is 1.12 bits per heavy atom. The lowest BCUT2D eigenvalue weighted by atomic mass is 9.89.